The molecule has 1 aromatic carbocycles. The Bertz CT molecular complexity index is 1250. The number of nitrogens with one attached hydrogen (secondary N) is 1. The van der Waals surface area contributed by atoms with Gasteiger partial charge in [0.2, 0.25) is 5.91 Å². The van der Waals surface area contributed by atoms with E-state index in [4.69, 9.17) is 14.7 Å². The van der Waals surface area contributed by atoms with Crippen molar-refractivity contribution in [2.45, 2.75) is 13.0 Å². The molecule has 0 radical (unpaired) electrons. The smallest absolute Gasteiger partial charge is 0.415 e. The fourth-order valence-corrected chi connectivity index (χ4v) is 4.26. The van der Waals surface area contributed by atoms with Crippen LogP contribution in [0.4, 0.5) is 34.9 Å². The van der Waals surface area contributed by atoms with Gasteiger partial charge >= 0.3 is 18.1 Å². The summed E-state index contributed by atoms with van der Waals surface area (Å²) in [6.07, 6.45) is -0.533. The van der Waals surface area contributed by atoms with Crippen LogP contribution in [0, 0.1) is 11.6 Å². The summed E-state index contributed by atoms with van der Waals surface area (Å²) in [7, 11) is 0. The van der Waals surface area contributed by atoms with Gasteiger partial charge < -0.3 is 14.7 Å². The molecule has 2 saturated heterocycles. The minimum Gasteiger partial charge on any atom is -0.476 e. The van der Waals surface area contributed by atoms with Crippen LogP contribution in [-0.2, 0) is 14.4 Å². The Hall–Kier alpha value is -4.18. The van der Waals surface area contributed by atoms with Gasteiger partial charge in [-0.2, -0.15) is 0 Å². The van der Waals surface area contributed by atoms with Gasteiger partial charge in [0.25, 0.3) is 0 Å². The maximum atomic E-state index is 15.1. The van der Waals surface area contributed by atoms with Crippen molar-refractivity contribution in [3.05, 3.63) is 34.8 Å². The van der Waals surface area contributed by atoms with Crippen molar-refractivity contribution < 1.29 is 42.6 Å². The molecule has 0 saturated carbocycles. The van der Waals surface area contributed by atoms with E-state index in [-0.39, 0.29) is 55.0 Å². The largest absolute Gasteiger partial charge is 0.476 e. The molecule has 4 amide bonds. The summed E-state index contributed by atoms with van der Waals surface area (Å²) in [4.78, 5) is 61.6. The van der Waals surface area contributed by atoms with Crippen molar-refractivity contribution in [1.29, 1.82) is 0 Å². The summed E-state index contributed by atoms with van der Waals surface area (Å²) in [5.74, 6) is -3.60. The summed E-state index contributed by atoms with van der Waals surface area (Å²) in [6.45, 7) is 1.05. The van der Waals surface area contributed by atoms with Crippen LogP contribution in [-0.4, -0.2) is 84.3 Å². The van der Waals surface area contributed by atoms with Crippen LogP contribution in [0.5, 0.6) is 0 Å². The predicted octanol–water partition coefficient (Wildman–Crippen LogP) is 2.35. The van der Waals surface area contributed by atoms with Crippen molar-refractivity contribution in [1.82, 2.24) is 10.0 Å². The van der Waals surface area contributed by atoms with Crippen LogP contribution in [0.3, 0.4) is 0 Å². The Kier molecular flexibility index (Phi) is 7.58. The highest BCUT2D eigenvalue weighted by atomic mass is 32.1. The normalized spacial score (nSPS) is 18.2. The van der Waals surface area contributed by atoms with E-state index in [0.29, 0.717) is 0 Å². The van der Waals surface area contributed by atoms with Crippen LogP contribution in [0.25, 0.3) is 0 Å². The number of thiazole rings is 1. The molecule has 37 heavy (non-hydrogen) atoms. The molecule has 16 heteroatoms. The summed E-state index contributed by atoms with van der Waals surface area (Å²) >= 11 is 0.918. The number of carboxylic acids is 1. The molecule has 1 unspecified atom stereocenters. The van der Waals surface area contributed by atoms with Gasteiger partial charge in [0, 0.05) is 37.5 Å². The molecular formula is C21H20F2N6O7S. The molecule has 3 heterocycles. The molecular weight excluding hydrogens is 518 g/mol. The van der Waals surface area contributed by atoms with Gasteiger partial charge in [0.15, 0.2) is 28.6 Å². The Morgan fingerprint density at radius 1 is 1.24 bits per heavy atom. The van der Waals surface area contributed by atoms with Crippen LogP contribution >= 0.6 is 11.3 Å². The highest BCUT2D eigenvalue weighted by molar-refractivity contribution is 7.14. The summed E-state index contributed by atoms with van der Waals surface area (Å²) in [5, 5.41) is 13.6. The summed E-state index contributed by atoms with van der Waals surface area (Å²) in [6, 6.07) is 1.26. The molecule has 2 N–H and O–H groups in total. The minimum absolute atomic E-state index is 0.00813. The highest BCUT2D eigenvalue weighted by Gasteiger charge is 2.33. The molecule has 1 aromatic heterocycles. The maximum absolute atomic E-state index is 15.1. The number of carboxylic acid groups (broad SMARTS) is 1. The number of aromatic nitrogens is 1. The lowest BCUT2D eigenvalue weighted by atomic mass is 10.2. The number of amides is 4. The number of benzene rings is 1. The van der Waals surface area contributed by atoms with Crippen molar-refractivity contribution in [2.24, 2.45) is 4.99 Å². The van der Waals surface area contributed by atoms with Crippen LogP contribution in [0.1, 0.15) is 17.4 Å². The number of aliphatic imine (C=N–C) groups is 1. The van der Waals surface area contributed by atoms with Crippen LogP contribution in [0.2, 0.25) is 0 Å². The third kappa shape index (κ3) is 5.97. The number of ether oxygens (including phenoxy) is 1. The van der Waals surface area contributed by atoms with Gasteiger partial charge in [-0.25, -0.2) is 38.2 Å². The fourth-order valence-electron chi connectivity index (χ4n) is 3.59. The first kappa shape index (κ1) is 25.9. The van der Waals surface area contributed by atoms with Crippen molar-refractivity contribution in [3.8, 4) is 0 Å². The molecule has 4 rings (SSSR count). The Morgan fingerprint density at radius 2 is 1.97 bits per heavy atom. The van der Waals surface area contributed by atoms with E-state index in [9.17, 15) is 19.2 Å². The van der Waals surface area contributed by atoms with Gasteiger partial charge in [0.05, 0.1) is 31.6 Å². The molecule has 2 fully saturated rings. The minimum atomic E-state index is -1.24. The number of nitrogens with zero attached hydrogens (tertiary/aromatic N) is 5. The third-order valence-corrected chi connectivity index (χ3v) is 5.99. The second kappa shape index (κ2) is 10.8. The maximum Gasteiger partial charge on any atom is 0.415 e. The fraction of sp³-hybridized carbons (Fsp3) is 0.333. The van der Waals surface area contributed by atoms with E-state index in [0.717, 1.165) is 39.6 Å². The van der Waals surface area contributed by atoms with Gasteiger partial charge in [-0.15, -0.1) is 11.3 Å². The first-order valence-corrected chi connectivity index (χ1v) is 11.7. The van der Waals surface area contributed by atoms with E-state index in [1.54, 1.807) is 0 Å². The van der Waals surface area contributed by atoms with Crippen molar-refractivity contribution in [3.63, 3.8) is 0 Å². The van der Waals surface area contributed by atoms with Crippen molar-refractivity contribution in [2.75, 3.05) is 47.9 Å². The number of aromatic carboxylic acids is 1. The number of carbonyl (C=O) groups excluding carboxylic acids is 3. The zero-order valence-corrected chi connectivity index (χ0v) is 20.0. The molecule has 13 nitrogen and oxygen atoms in total. The lowest BCUT2D eigenvalue weighted by molar-refractivity contribution is -0.115. The molecule has 1 atom stereocenters. The molecule has 196 valence electrons. The number of halogens is 2. The van der Waals surface area contributed by atoms with Crippen LogP contribution in [0.15, 0.2) is 22.5 Å². The zero-order valence-electron chi connectivity index (χ0n) is 19.2. The average molecular weight is 538 g/mol. The Balaban J connectivity index is 1.42. The van der Waals surface area contributed by atoms with E-state index >= 15 is 8.78 Å². The van der Waals surface area contributed by atoms with E-state index < -0.39 is 41.7 Å². The standard InChI is InChI=1S/C21H20F2N6O7S/c1-11(30)24-8-13-9-28(21(34)36-13)12-6-14(22)17(15(23)7-12)27-2-3-29(35-5-4-27)20(33)26-19-25-16(10-37-19)18(31)32/h6-8,10,13H,2-5,9H2,1H3,(H,31,32)(H,25,26,33). The monoisotopic (exact) mass is 538 g/mol. The number of hydrogen-bond donors (Lipinski definition) is 2. The quantitative estimate of drug-likeness (QED) is 0.546. The highest BCUT2D eigenvalue weighted by Crippen LogP contribution is 2.31. The Morgan fingerprint density at radius 3 is 2.62 bits per heavy atom. The summed E-state index contributed by atoms with van der Waals surface area (Å²) < 4.78 is 35.1. The number of anilines is 3. The van der Waals surface area contributed by atoms with Gasteiger partial charge in [-0.05, 0) is 0 Å². The zero-order chi connectivity index (χ0) is 26.7. The Labute approximate surface area is 211 Å². The number of hydrogen-bond acceptors (Lipinski definition) is 9. The topological polar surface area (TPSA) is 154 Å². The number of rotatable bonds is 5. The lowest BCUT2D eigenvalue weighted by Crippen LogP contribution is -2.37. The van der Waals surface area contributed by atoms with Crippen molar-refractivity contribution >= 4 is 58.1 Å². The second-order valence-electron chi connectivity index (χ2n) is 7.78. The average Bonchev–Trinajstić information content (AvgIpc) is 3.37. The molecule has 2 aliphatic rings. The molecule has 0 bridgehead atoms. The van der Waals surface area contributed by atoms with E-state index in [1.807, 2.05) is 0 Å². The van der Waals surface area contributed by atoms with Gasteiger partial charge in [0.1, 0.15) is 5.69 Å². The van der Waals surface area contributed by atoms with Crippen LogP contribution < -0.4 is 15.1 Å². The van der Waals surface area contributed by atoms with Gasteiger partial charge in [-0.1, -0.05) is 0 Å². The first-order valence-electron chi connectivity index (χ1n) is 10.8. The number of carbonyl (C=O) groups is 4. The van der Waals surface area contributed by atoms with Gasteiger partial charge in [-0.3, -0.25) is 19.8 Å². The molecule has 0 aliphatic carbocycles. The summed E-state index contributed by atoms with van der Waals surface area (Å²) in [5.41, 5.74) is -0.652. The molecule has 2 aliphatic heterocycles. The predicted molar refractivity (Wildman–Crippen MR) is 126 cm³/mol. The third-order valence-electron chi connectivity index (χ3n) is 5.23. The molecule has 0 spiro atoms. The SMILES string of the molecule is CC(=O)N=CC1CN(c2cc(F)c(N3CCON(C(=O)Nc4nc(C(=O)O)cs4)CC3)c(F)c2)C(=O)O1. The number of cyclic esters (lactones) is 1. The first-order chi connectivity index (χ1) is 17.6. The lowest BCUT2D eigenvalue weighted by Gasteiger charge is -2.24. The van der Waals surface area contributed by atoms with E-state index in [2.05, 4.69) is 15.3 Å². The number of hydroxylamine groups is 2. The number of urea groups is 1. The molecule has 2 aromatic rings. The van der Waals surface area contributed by atoms with E-state index in [1.165, 1.54) is 17.2 Å². The second-order valence-corrected chi connectivity index (χ2v) is 8.64.